The standard InChI is InChI=1S/C9H12N2O2/c1-5-3-8(13-2)7(10)4-6(5)9(11)12/h3-4H,10H2,1-2H3,(H2,11,12). The zero-order valence-electron chi connectivity index (χ0n) is 7.63. The van der Waals surface area contributed by atoms with E-state index in [9.17, 15) is 4.79 Å². The highest BCUT2D eigenvalue weighted by molar-refractivity contribution is 5.95. The van der Waals surface area contributed by atoms with Gasteiger partial charge in [0.15, 0.2) is 0 Å². The van der Waals surface area contributed by atoms with Crippen molar-refractivity contribution in [2.24, 2.45) is 5.73 Å². The molecule has 0 aliphatic rings. The van der Waals surface area contributed by atoms with Gasteiger partial charge < -0.3 is 16.2 Å². The van der Waals surface area contributed by atoms with Crippen molar-refractivity contribution in [1.29, 1.82) is 0 Å². The van der Waals surface area contributed by atoms with Gasteiger partial charge in [0, 0.05) is 5.56 Å². The largest absolute Gasteiger partial charge is 0.495 e. The molecule has 0 radical (unpaired) electrons. The molecule has 0 aliphatic heterocycles. The first kappa shape index (κ1) is 9.38. The van der Waals surface area contributed by atoms with E-state index < -0.39 is 5.91 Å². The maximum absolute atomic E-state index is 10.9. The van der Waals surface area contributed by atoms with Gasteiger partial charge in [0.1, 0.15) is 5.75 Å². The van der Waals surface area contributed by atoms with Gasteiger partial charge in [-0.2, -0.15) is 0 Å². The van der Waals surface area contributed by atoms with E-state index in [4.69, 9.17) is 16.2 Å². The molecule has 4 nitrogen and oxygen atoms in total. The number of carbonyl (C=O) groups excluding carboxylic acids is 1. The van der Waals surface area contributed by atoms with Gasteiger partial charge in [0.25, 0.3) is 0 Å². The number of nitrogen functional groups attached to an aromatic ring is 1. The normalized spacial score (nSPS) is 9.69. The molecule has 0 unspecified atom stereocenters. The topological polar surface area (TPSA) is 78.3 Å². The highest BCUT2D eigenvalue weighted by Crippen LogP contribution is 2.24. The Morgan fingerprint density at radius 2 is 2.08 bits per heavy atom. The molecular weight excluding hydrogens is 168 g/mol. The number of ether oxygens (including phenoxy) is 1. The number of anilines is 1. The van der Waals surface area contributed by atoms with E-state index in [0.29, 0.717) is 17.0 Å². The molecule has 0 atom stereocenters. The van der Waals surface area contributed by atoms with Crippen LogP contribution in [0.2, 0.25) is 0 Å². The average molecular weight is 180 g/mol. The van der Waals surface area contributed by atoms with E-state index in [1.165, 1.54) is 13.2 Å². The monoisotopic (exact) mass is 180 g/mol. The Kier molecular flexibility index (Phi) is 2.41. The number of nitrogens with two attached hydrogens (primary N) is 2. The third-order valence-electron chi connectivity index (χ3n) is 1.84. The lowest BCUT2D eigenvalue weighted by atomic mass is 10.1. The molecule has 70 valence electrons. The van der Waals surface area contributed by atoms with Crippen LogP contribution in [0.1, 0.15) is 15.9 Å². The molecule has 0 heterocycles. The van der Waals surface area contributed by atoms with Gasteiger partial charge in [0.2, 0.25) is 5.91 Å². The minimum atomic E-state index is -0.480. The second kappa shape index (κ2) is 3.35. The number of amides is 1. The molecule has 0 bridgehead atoms. The molecule has 13 heavy (non-hydrogen) atoms. The molecule has 0 aromatic heterocycles. The number of carbonyl (C=O) groups is 1. The van der Waals surface area contributed by atoms with Crippen molar-refractivity contribution >= 4 is 11.6 Å². The summed E-state index contributed by atoms with van der Waals surface area (Å²) in [5.74, 6) is 0.0781. The smallest absolute Gasteiger partial charge is 0.249 e. The van der Waals surface area contributed by atoms with Crippen LogP contribution in [0.5, 0.6) is 5.75 Å². The second-order valence-electron chi connectivity index (χ2n) is 2.77. The highest BCUT2D eigenvalue weighted by Gasteiger charge is 2.08. The first-order valence-electron chi connectivity index (χ1n) is 3.80. The lowest BCUT2D eigenvalue weighted by Gasteiger charge is -2.08. The molecule has 4 N–H and O–H groups in total. The Balaban J connectivity index is 3.28. The summed E-state index contributed by atoms with van der Waals surface area (Å²) in [5.41, 5.74) is 12.4. The summed E-state index contributed by atoms with van der Waals surface area (Å²) in [6, 6.07) is 3.21. The van der Waals surface area contributed by atoms with E-state index in [0.717, 1.165) is 5.56 Å². The molecule has 1 aromatic carbocycles. The van der Waals surface area contributed by atoms with Crippen molar-refractivity contribution < 1.29 is 9.53 Å². The van der Waals surface area contributed by atoms with E-state index in [-0.39, 0.29) is 0 Å². The van der Waals surface area contributed by atoms with Crippen molar-refractivity contribution in [1.82, 2.24) is 0 Å². The number of hydrogen-bond donors (Lipinski definition) is 2. The fourth-order valence-corrected chi connectivity index (χ4v) is 1.14. The zero-order valence-corrected chi connectivity index (χ0v) is 7.63. The Morgan fingerprint density at radius 3 is 2.54 bits per heavy atom. The molecule has 0 saturated carbocycles. The molecule has 0 aliphatic carbocycles. The van der Waals surface area contributed by atoms with Crippen molar-refractivity contribution in [3.8, 4) is 5.75 Å². The lowest BCUT2D eigenvalue weighted by Crippen LogP contribution is -2.13. The van der Waals surface area contributed by atoms with E-state index in [2.05, 4.69) is 0 Å². The maximum atomic E-state index is 10.9. The van der Waals surface area contributed by atoms with Gasteiger partial charge in [0.05, 0.1) is 12.8 Å². The highest BCUT2D eigenvalue weighted by atomic mass is 16.5. The summed E-state index contributed by atoms with van der Waals surface area (Å²) in [6.07, 6.45) is 0. The maximum Gasteiger partial charge on any atom is 0.249 e. The number of benzene rings is 1. The molecule has 0 spiro atoms. The zero-order chi connectivity index (χ0) is 10.0. The van der Waals surface area contributed by atoms with E-state index in [1.54, 1.807) is 13.0 Å². The van der Waals surface area contributed by atoms with Crippen LogP contribution in [0.3, 0.4) is 0 Å². The minimum absolute atomic E-state index is 0.418. The molecule has 1 aromatic rings. The first-order chi connectivity index (χ1) is 6.06. The van der Waals surface area contributed by atoms with Crippen LogP contribution >= 0.6 is 0 Å². The van der Waals surface area contributed by atoms with Gasteiger partial charge >= 0.3 is 0 Å². The predicted octanol–water partition coefficient (Wildman–Crippen LogP) is 0.685. The van der Waals surface area contributed by atoms with Crippen molar-refractivity contribution in [2.75, 3.05) is 12.8 Å². The van der Waals surface area contributed by atoms with E-state index in [1.807, 2.05) is 0 Å². The predicted molar refractivity (Wildman–Crippen MR) is 50.7 cm³/mol. The Hall–Kier alpha value is -1.71. The SMILES string of the molecule is COc1cc(C)c(C(N)=O)cc1N. The van der Waals surface area contributed by atoms with Gasteiger partial charge in [-0.1, -0.05) is 0 Å². The van der Waals surface area contributed by atoms with Gasteiger partial charge in [-0.3, -0.25) is 4.79 Å². The molecular formula is C9H12N2O2. The number of primary amides is 1. The number of hydrogen-bond acceptors (Lipinski definition) is 3. The third-order valence-corrected chi connectivity index (χ3v) is 1.84. The summed E-state index contributed by atoms with van der Waals surface area (Å²) in [4.78, 5) is 10.9. The third kappa shape index (κ3) is 1.72. The van der Waals surface area contributed by atoms with Gasteiger partial charge in [-0.15, -0.1) is 0 Å². The summed E-state index contributed by atoms with van der Waals surface area (Å²) in [6.45, 7) is 1.78. The number of aryl methyl sites for hydroxylation is 1. The molecule has 0 saturated heterocycles. The fraction of sp³-hybridized carbons (Fsp3) is 0.222. The first-order valence-corrected chi connectivity index (χ1v) is 3.80. The van der Waals surface area contributed by atoms with Crippen LogP contribution < -0.4 is 16.2 Å². The van der Waals surface area contributed by atoms with Crippen molar-refractivity contribution in [3.05, 3.63) is 23.3 Å². The quantitative estimate of drug-likeness (QED) is 0.657. The average Bonchev–Trinajstić information content (AvgIpc) is 2.07. The fourth-order valence-electron chi connectivity index (χ4n) is 1.14. The van der Waals surface area contributed by atoms with Gasteiger partial charge in [-0.05, 0) is 24.6 Å². The van der Waals surface area contributed by atoms with Crippen LogP contribution in [0, 0.1) is 6.92 Å². The Morgan fingerprint density at radius 1 is 1.46 bits per heavy atom. The summed E-state index contributed by atoms with van der Waals surface area (Å²) in [7, 11) is 1.52. The minimum Gasteiger partial charge on any atom is -0.495 e. The van der Waals surface area contributed by atoms with E-state index >= 15 is 0 Å². The molecule has 0 fully saturated rings. The second-order valence-corrected chi connectivity index (χ2v) is 2.77. The van der Waals surface area contributed by atoms with Crippen LogP contribution in [-0.4, -0.2) is 13.0 Å². The Labute approximate surface area is 76.5 Å². The van der Waals surface area contributed by atoms with Crippen molar-refractivity contribution in [3.63, 3.8) is 0 Å². The molecule has 1 rings (SSSR count). The van der Waals surface area contributed by atoms with Crippen LogP contribution in [0.25, 0.3) is 0 Å². The summed E-state index contributed by atoms with van der Waals surface area (Å²) < 4.78 is 4.98. The number of rotatable bonds is 2. The van der Waals surface area contributed by atoms with Crippen LogP contribution in [0.4, 0.5) is 5.69 Å². The molecule has 4 heteroatoms. The summed E-state index contributed by atoms with van der Waals surface area (Å²) >= 11 is 0. The number of methoxy groups -OCH3 is 1. The summed E-state index contributed by atoms with van der Waals surface area (Å²) in [5, 5.41) is 0. The van der Waals surface area contributed by atoms with Gasteiger partial charge in [-0.25, -0.2) is 0 Å². The van der Waals surface area contributed by atoms with Crippen molar-refractivity contribution in [2.45, 2.75) is 6.92 Å². The van der Waals surface area contributed by atoms with Crippen LogP contribution in [-0.2, 0) is 0 Å². The molecule has 1 amide bonds. The lowest BCUT2D eigenvalue weighted by molar-refractivity contribution is 0.0999. The van der Waals surface area contributed by atoms with Crippen LogP contribution in [0.15, 0.2) is 12.1 Å². The Bertz CT molecular complexity index is 348.